The summed E-state index contributed by atoms with van der Waals surface area (Å²) in [7, 11) is 0. The topological polar surface area (TPSA) is 38.9 Å². The summed E-state index contributed by atoms with van der Waals surface area (Å²) >= 11 is 1.75. The molecule has 2 aromatic rings. The van der Waals surface area contributed by atoms with Crippen LogP contribution in [-0.2, 0) is 6.42 Å². The third kappa shape index (κ3) is 3.07. The van der Waals surface area contributed by atoms with E-state index in [0.29, 0.717) is 5.92 Å². The molecule has 0 aliphatic rings. The molecular weight excluding hydrogens is 228 g/mol. The Morgan fingerprint density at radius 1 is 1.29 bits per heavy atom. The zero-order valence-corrected chi connectivity index (χ0v) is 11.1. The number of nitrogens with zero attached hydrogens (tertiary/aromatic N) is 1. The molecule has 0 saturated heterocycles. The molecule has 1 atom stereocenters. The largest absolute Gasteiger partial charge is 0.399 e. The molecule has 0 aliphatic heterocycles. The fraction of sp³-hybridized carbons (Fsp3) is 0.357. The van der Waals surface area contributed by atoms with Crippen molar-refractivity contribution < 1.29 is 0 Å². The second-order valence-electron chi connectivity index (χ2n) is 4.39. The number of rotatable bonds is 4. The fourth-order valence-electron chi connectivity index (χ4n) is 1.65. The summed E-state index contributed by atoms with van der Waals surface area (Å²) in [5, 5.41) is 3.37. The fourth-order valence-corrected chi connectivity index (χ4v) is 2.60. The lowest BCUT2D eigenvalue weighted by atomic mass is 10.1. The lowest BCUT2D eigenvalue weighted by Crippen LogP contribution is -1.93. The van der Waals surface area contributed by atoms with Gasteiger partial charge in [-0.3, -0.25) is 0 Å². The first kappa shape index (κ1) is 12.1. The van der Waals surface area contributed by atoms with E-state index in [1.165, 1.54) is 16.3 Å². The van der Waals surface area contributed by atoms with Gasteiger partial charge in [0.1, 0.15) is 0 Å². The van der Waals surface area contributed by atoms with Crippen molar-refractivity contribution in [3.63, 3.8) is 0 Å². The van der Waals surface area contributed by atoms with Gasteiger partial charge in [-0.05, 0) is 30.0 Å². The van der Waals surface area contributed by atoms with E-state index >= 15 is 0 Å². The summed E-state index contributed by atoms with van der Waals surface area (Å²) < 4.78 is 0. The van der Waals surface area contributed by atoms with Crippen LogP contribution >= 0.6 is 11.3 Å². The molecule has 0 aliphatic carbocycles. The van der Waals surface area contributed by atoms with E-state index in [0.717, 1.165) is 18.5 Å². The first-order valence-corrected chi connectivity index (χ1v) is 6.85. The van der Waals surface area contributed by atoms with Gasteiger partial charge in [-0.15, -0.1) is 11.3 Å². The molecule has 1 unspecified atom stereocenters. The average molecular weight is 246 g/mol. The predicted octanol–water partition coefficient (Wildman–Crippen LogP) is 3.83. The Morgan fingerprint density at radius 3 is 2.65 bits per heavy atom. The summed E-state index contributed by atoms with van der Waals surface area (Å²) in [6, 6.07) is 8.02. The molecule has 0 saturated carbocycles. The molecule has 2 nitrogen and oxygen atoms in total. The van der Waals surface area contributed by atoms with Crippen LogP contribution in [0, 0.1) is 0 Å². The van der Waals surface area contributed by atoms with Crippen LogP contribution in [0.2, 0.25) is 0 Å². The molecule has 0 spiro atoms. The van der Waals surface area contributed by atoms with Gasteiger partial charge in [-0.25, -0.2) is 4.98 Å². The van der Waals surface area contributed by atoms with E-state index in [2.05, 4.69) is 36.3 Å². The maximum absolute atomic E-state index is 5.67. The van der Waals surface area contributed by atoms with Gasteiger partial charge in [0.15, 0.2) is 0 Å². The molecule has 3 heteroatoms. The van der Waals surface area contributed by atoms with Crippen molar-refractivity contribution in [2.75, 3.05) is 5.73 Å². The molecule has 1 aromatic heterocycles. The summed E-state index contributed by atoms with van der Waals surface area (Å²) in [5.41, 5.74) is 8.97. The average Bonchev–Trinajstić information content (AvgIpc) is 2.80. The van der Waals surface area contributed by atoms with Crippen LogP contribution in [0.25, 0.3) is 0 Å². The van der Waals surface area contributed by atoms with Gasteiger partial charge in [-0.2, -0.15) is 0 Å². The van der Waals surface area contributed by atoms with Gasteiger partial charge in [0.25, 0.3) is 0 Å². The minimum absolute atomic E-state index is 0.561. The SMILES string of the molecule is CCC(C)c1csc(Cc2ccc(N)cc2)n1. The van der Waals surface area contributed by atoms with Crippen molar-refractivity contribution in [3.05, 3.63) is 45.9 Å². The molecular formula is C14H18N2S. The standard InChI is InChI=1S/C14H18N2S/c1-3-10(2)13-9-17-14(16-13)8-11-4-6-12(15)7-5-11/h4-7,9-10H,3,8,15H2,1-2H3. The van der Waals surface area contributed by atoms with E-state index < -0.39 is 0 Å². The highest BCUT2D eigenvalue weighted by atomic mass is 32.1. The van der Waals surface area contributed by atoms with Crippen LogP contribution in [0.5, 0.6) is 0 Å². The second kappa shape index (κ2) is 5.32. The maximum Gasteiger partial charge on any atom is 0.0972 e. The van der Waals surface area contributed by atoms with Gasteiger partial charge >= 0.3 is 0 Å². The van der Waals surface area contributed by atoms with E-state index in [-0.39, 0.29) is 0 Å². The highest BCUT2D eigenvalue weighted by Gasteiger charge is 2.08. The van der Waals surface area contributed by atoms with Crippen LogP contribution in [0.4, 0.5) is 5.69 Å². The van der Waals surface area contributed by atoms with Crippen molar-refractivity contribution >= 4 is 17.0 Å². The summed E-state index contributed by atoms with van der Waals surface area (Å²) in [6.07, 6.45) is 2.05. The number of nitrogens with two attached hydrogens (primary N) is 1. The Labute approximate surface area is 107 Å². The molecule has 2 rings (SSSR count). The third-order valence-electron chi connectivity index (χ3n) is 3.02. The summed E-state index contributed by atoms with van der Waals surface area (Å²) in [5.74, 6) is 0.561. The van der Waals surface area contributed by atoms with Crippen molar-refractivity contribution in [2.45, 2.75) is 32.6 Å². The van der Waals surface area contributed by atoms with Crippen LogP contribution in [0.1, 0.15) is 42.5 Å². The van der Waals surface area contributed by atoms with Gasteiger partial charge in [0.05, 0.1) is 10.7 Å². The number of anilines is 1. The molecule has 90 valence electrons. The first-order valence-electron chi connectivity index (χ1n) is 5.97. The smallest absolute Gasteiger partial charge is 0.0972 e. The Morgan fingerprint density at radius 2 is 2.00 bits per heavy atom. The number of hydrogen-bond donors (Lipinski definition) is 1. The van der Waals surface area contributed by atoms with Crippen molar-refractivity contribution in [1.82, 2.24) is 4.98 Å². The predicted molar refractivity (Wildman–Crippen MR) is 74.5 cm³/mol. The monoisotopic (exact) mass is 246 g/mol. The number of nitrogen functional groups attached to an aromatic ring is 1. The summed E-state index contributed by atoms with van der Waals surface area (Å²) in [6.45, 7) is 4.42. The van der Waals surface area contributed by atoms with Gasteiger partial charge in [0, 0.05) is 17.5 Å². The number of aromatic nitrogens is 1. The third-order valence-corrected chi connectivity index (χ3v) is 3.89. The zero-order chi connectivity index (χ0) is 12.3. The van der Waals surface area contributed by atoms with Crippen LogP contribution in [0.15, 0.2) is 29.6 Å². The van der Waals surface area contributed by atoms with E-state index in [1.54, 1.807) is 11.3 Å². The minimum atomic E-state index is 0.561. The quantitative estimate of drug-likeness (QED) is 0.833. The maximum atomic E-state index is 5.67. The van der Waals surface area contributed by atoms with E-state index in [9.17, 15) is 0 Å². The molecule has 0 radical (unpaired) electrons. The molecule has 0 fully saturated rings. The lowest BCUT2D eigenvalue weighted by molar-refractivity contribution is 0.710. The molecule has 1 heterocycles. The number of thiazole rings is 1. The van der Waals surface area contributed by atoms with Gasteiger partial charge < -0.3 is 5.73 Å². The Balaban J connectivity index is 2.08. The molecule has 0 amide bonds. The van der Waals surface area contributed by atoms with Crippen LogP contribution < -0.4 is 5.73 Å². The second-order valence-corrected chi connectivity index (χ2v) is 5.34. The highest BCUT2D eigenvalue weighted by molar-refractivity contribution is 7.09. The Hall–Kier alpha value is -1.35. The number of benzene rings is 1. The lowest BCUT2D eigenvalue weighted by Gasteiger charge is -2.02. The molecule has 17 heavy (non-hydrogen) atoms. The zero-order valence-electron chi connectivity index (χ0n) is 10.3. The highest BCUT2D eigenvalue weighted by Crippen LogP contribution is 2.22. The Kier molecular flexibility index (Phi) is 3.79. The van der Waals surface area contributed by atoms with Gasteiger partial charge in [0.2, 0.25) is 0 Å². The molecule has 1 aromatic carbocycles. The van der Waals surface area contributed by atoms with Crippen molar-refractivity contribution in [3.8, 4) is 0 Å². The van der Waals surface area contributed by atoms with Crippen LogP contribution in [0.3, 0.4) is 0 Å². The summed E-state index contributed by atoms with van der Waals surface area (Å²) in [4.78, 5) is 4.69. The van der Waals surface area contributed by atoms with Crippen LogP contribution in [-0.4, -0.2) is 4.98 Å². The molecule has 0 bridgehead atoms. The minimum Gasteiger partial charge on any atom is -0.399 e. The first-order chi connectivity index (χ1) is 8.19. The number of hydrogen-bond acceptors (Lipinski definition) is 3. The van der Waals surface area contributed by atoms with E-state index in [4.69, 9.17) is 5.73 Å². The van der Waals surface area contributed by atoms with Gasteiger partial charge in [-0.1, -0.05) is 26.0 Å². The normalized spacial score (nSPS) is 12.6. The van der Waals surface area contributed by atoms with Crippen molar-refractivity contribution in [2.24, 2.45) is 0 Å². The Bertz CT molecular complexity index is 473. The van der Waals surface area contributed by atoms with Crippen molar-refractivity contribution in [1.29, 1.82) is 0 Å². The van der Waals surface area contributed by atoms with E-state index in [1.807, 2.05) is 12.1 Å². The molecule has 2 N–H and O–H groups in total.